The summed E-state index contributed by atoms with van der Waals surface area (Å²) in [4.78, 5) is 8.39. The van der Waals surface area contributed by atoms with Gasteiger partial charge in [-0.2, -0.15) is 4.98 Å². The second-order valence-electron chi connectivity index (χ2n) is 3.96. The van der Waals surface area contributed by atoms with Gasteiger partial charge in [-0.25, -0.2) is 13.4 Å². The Morgan fingerprint density at radius 2 is 1.85 bits per heavy atom. The van der Waals surface area contributed by atoms with Crippen LogP contribution in [0.25, 0.3) is 0 Å². The molecule has 0 fully saturated rings. The molecule has 1 aromatic carbocycles. The molecule has 0 atom stereocenters. The minimum absolute atomic E-state index is 0.233. The third kappa shape index (κ3) is 3.61. The van der Waals surface area contributed by atoms with Crippen LogP contribution in [0.2, 0.25) is 0 Å². The van der Waals surface area contributed by atoms with Crippen LogP contribution in [0.5, 0.6) is 11.6 Å². The molecule has 0 aliphatic heterocycles. The van der Waals surface area contributed by atoms with Crippen molar-refractivity contribution in [1.82, 2.24) is 9.97 Å². The molecule has 2 N–H and O–H groups in total. The molecule has 8 heteroatoms. The van der Waals surface area contributed by atoms with E-state index in [-0.39, 0.29) is 4.90 Å². The fourth-order valence-corrected chi connectivity index (χ4v) is 2.45. The summed E-state index contributed by atoms with van der Waals surface area (Å²) in [6.07, 6.45) is 2.98. The van der Waals surface area contributed by atoms with Gasteiger partial charge in [-0.3, -0.25) is 0 Å². The molecule has 0 bridgehead atoms. The van der Waals surface area contributed by atoms with Crippen molar-refractivity contribution in [2.75, 3.05) is 18.2 Å². The van der Waals surface area contributed by atoms with Gasteiger partial charge in [0.25, 0.3) is 0 Å². The minimum atomic E-state index is -3.21. The number of thioether (sulfide) groups is 1. The second-order valence-corrected chi connectivity index (χ2v) is 6.75. The molecule has 0 saturated heterocycles. The summed E-state index contributed by atoms with van der Waals surface area (Å²) < 4.78 is 28.2. The molecule has 6 nitrogen and oxygen atoms in total. The zero-order valence-corrected chi connectivity index (χ0v) is 12.5. The maximum Gasteiger partial charge on any atom is 0.225 e. The van der Waals surface area contributed by atoms with Crippen LogP contribution in [0, 0.1) is 0 Å². The van der Waals surface area contributed by atoms with Crippen molar-refractivity contribution in [2.45, 2.75) is 10.1 Å². The number of hydrogen-bond acceptors (Lipinski definition) is 7. The van der Waals surface area contributed by atoms with Gasteiger partial charge in [0, 0.05) is 12.3 Å². The van der Waals surface area contributed by atoms with Crippen LogP contribution in [0.4, 0.5) is 5.82 Å². The van der Waals surface area contributed by atoms with Crippen LogP contribution in [0.1, 0.15) is 0 Å². The van der Waals surface area contributed by atoms with E-state index in [1.165, 1.54) is 30.0 Å². The molecule has 0 spiro atoms. The van der Waals surface area contributed by atoms with Gasteiger partial charge in [0.05, 0.1) is 4.90 Å². The highest BCUT2D eigenvalue weighted by Gasteiger charge is 2.08. The fourth-order valence-electron chi connectivity index (χ4n) is 1.44. The number of sulfone groups is 1. The van der Waals surface area contributed by atoms with E-state index in [1.54, 1.807) is 12.1 Å². The maximum absolute atomic E-state index is 11.3. The molecule has 106 valence electrons. The summed E-state index contributed by atoms with van der Waals surface area (Å²) in [5.74, 6) is 1.10. The summed E-state index contributed by atoms with van der Waals surface area (Å²) in [5, 5.41) is 0.507. The number of ether oxygens (including phenoxy) is 1. The number of benzene rings is 1. The van der Waals surface area contributed by atoms with Crippen LogP contribution in [0.3, 0.4) is 0 Å². The zero-order chi connectivity index (χ0) is 14.8. The van der Waals surface area contributed by atoms with Crippen molar-refractivity contribution in [3.8, 4) is 11.6 Å². The lowest BCUT2D eigenvalue weighted by Gasteiger charge is -2.07. The third-order valence-corrected chi connectivity index (χ3v) is 4.04. The molecule has 2 rings (SSSR count). The molecule has 1 heterocycles. The second kappa shape index (κ2) is 5.68. The largest absolute Gasteiger partial charge is 0.439 e. The molecule has 0 amide bonds. The topological polar surface area (TPSA) is 95.2 Å². The molecule has 0 radical (unpaired) electrons. The first-order valence-electron chi connectivity index (χ1n) is 5.55. The fraction of sp³-hybridized carbons (Fsp3) is 0.167. The Balaban J connectivity index is 2.24. The van der Waals surface area contributed by atoms with E-state index >= 15 is 0 Å². The molecule has 0 aliphatic carbocycles. The van der Waals surface area contributed by atoms with Crippen LogP contribution in [0.15, 0.2) is 40.4 Å². The van der Waals surface area contributed by atoms with E-state index in [0.717, 1.165) is 6.26 Å². The standard InChI is InChI=1S/C12H13N3O3S2/c1-19-12-14-10(13)7-11(15-12)18-8-3-5-9(6-4-8)20(2,16)17/h3-7H,1-2H3,(H2,13,14,15). The predicted molar refractivity (Wildman–Crippen MR) is 77.9 cm³/mol. The quantitative estimate of drug-likeness (QED) is 0.681. The summed E-state index contributed by atoms with van der Waals surface area (Å²) in [7, 11) is -3.21. The molecule has 2 aromatic rings. The van der Waals surface area contributed by atoms with E-state index in [9.17, 15) is 8.42 Å². The molecular weight excluding hydrogens is 298 g/mol. The molecule has 1 aromatic heterocycles. The predicted octanol–water partition coefficient (Wildman–Crippen LogP) is 1.98. The van der Waals surface area contributed by atoms with Gasteiger partial charge in [0.1, 0.15) is 11.6 Å². The Morgan fingerprint density at radius 1 is 1.20 bits per heavy atom. The summed E-state index contributed by atoms with van der Waals surface area (Å²) in [5.41, 5.74) is 5.65. The SMILES string of the molecule is CSc1nc(N)cc(Oc2ccc(S(C)(=O)=O)cc2)n1. The maximum atomic E-state index is 11.3. The number of aromatic nitrogens is 2. The first-order chi connectivity index (χ1) is 9.38. The molecule has 0 aliphatic rings. The van der Waals surface area contributed by atoms with Gasteiger partial charge < -0.3 is 10.5 Å². The lowest BCUT2D eigenvalue weighted by molar-refractivity contribution is 0.456. The van der Waals surface area contributed by atoms with Crippen LogP contribution < -0.4 is 10.5 Å². The van der Waals surface area contributed by atoms with Gasteiger partial charge in [0.2, 0.25) is 5.88 Å². The minimum Gasteiger partial charge on any atom is -0.439 e. The summed E-state index contributed by atoms with van der Waals surface area (Å²) in [6.45, 7) is 0. The Morgan fingerprint density at radius 3 is 2.40 bits per heavy atom. The number of nitrogens with two attached hydrogens (primary N) is 1. The van der Waals surface area contributed by atoms with Crippen LogP contribution >= 0.6 is 11.8 Å². The first-order valence-corrected chi connectivity index (χ1v) is 8.66. The van der Waals surface area contributed by atoms with Gasteiger partial charge in [-0.1, -0.05) is 11.8 Å². The number of rotatable bonds is 4. The van der Waals surface area contributed by atoms with E-state index in [0.29, 0.717) is 22.6 Å². The van der Waals surface area contributed by atoms with Gasteiger partial charge >= 0.3 is 0 Å². The highest BCUT2D eigenvalue weighted by atomic mass is 32.2. The zero-order valence-electron chi connectivity index (χ0n) is 10.9. The normalized spacial score (nSPS) is 11.3. The van der Waals surface area contributed by atoms with E-state index in [2.05, 4.69) is 9.97 Å². The van der Waals surface area contributed by atoms with Crippen molar-refractivity contribution < 1.29 is 13.2 Å². The Bertz CT molecular complexity index is 715. The van der Waals surface area contributed by atoms with Crippen molar-refractivity contribution in [3.05, 3.63) is 30.3 Å². The highest BCUT2D eigenvalue weighted by Crippen LogP contribution is 2.24. The van der Waals surface area contributed by atoms with E-state index < -0.39 is 9.84 Å². The lowest BCUT2D eigenvalue weighted by atomic mass is 10.3. The highest BCUT2D eigenvalue weighted by molar-refractivity contribution is 7.98. The van der Waals surface area contributed by atoms with Crippen LogP contribution in [-0.2, 0) is 9.84 Å². The Labute approximate surface area is 121 Å². The average molecular weight is 311 g/mol. The van der Waals surface area contributed by atoms with Gasteiger partial charge in [-0.15, -0.1) is 0 Å². The average Bonchev–Trinajstić information content (AvgIpc) is 2.37. The van der Waals surface area contributed by atoms with Crippen molar-refractivity contribution in [2.24, 2.45) is 0 Å². The van der Waals surface area contributed by atoms with Gasteiger partial charge in [0.15, 0.2) is 15.0 Å². The van der Waals surface area contributed by atoms with Crippen molar-refractivity contribution >= 4 is 27.4 Å². The summed E-state index contributed by atoms with van der Waals surface area (Å²) >= 11 is 1.35. The Hall–Kier alpha value is -1.80. The number of nitrogens with zero attached hydrogens (tertiary/aromatic N) is 2. The molecular formula is C12H13N3O3S2. The van der Waals surface area contributed by atoms with Crippen LogP contribution in [-0.4, -0.2) is 30.9 Å². The first kappa shape index (κ1) is 14.6. The number of hydrogen-bond donors (Lipinski definition) is 1. The molecule has 20 heavy (non-hydrogen) atoms. The van der Waals surface area contributed by atoms with Crippen molar-refractivity contribution in [1.29, 1.82) is 0 Å². The molecule has 0 saturated carbocycles. The van der Waals surface area contributed by atoms with E-state index in [1.807, 2.05) is 6.26 Å². The summed E-state index contributed by atoms with van der Waals surface area (Å²) in [6, 6.07) is 7.58. The number of nitrogen functional groups attached to an aromatic ring is 1. The molecule has 0 unspecified atom stereocenters. The van der Waals surface area contributed by atoms with Crippen molar-refractivity contribution in [3.63, 3.8) is 0 Å². The Kier molecular flexibility index (Phi) is 4.15. The smallest absolute Gasteiger partial charge is 0.225 e. The number of anilines is 1. The monoisotopic (exact) mass is 311 g/mol. The third-order valence-electron chi connectivity index (χ3n) is 2.36. The van der Waals surface area contributed by atoms with E-state index in [4.69, 9.17) is 10.5 Å². The van der Waals surface area contributed by atoms with Gasteiger partial charge in [-0.05, 0) is 30.5 Å². The lowest BCUT2D eigenvalue weighted by Crippen LogP contribution is -1.98.